The van der Waals surface area contributed by atoms with Gasteiger partial charge in [-0.25, -0.2) is 9.59 Å². The molecule has 0 spiro atoms. The van der Waals surface area contributed by atoms with Gasteiger partial charge >= 0.3 is 11.9 Å². The second kappa shape index (κ2) is 10.2. The molecule has 0 radical (unpaired) electrons. The van der Waals surface area contributed by atoms with Crippen molar-refractivity contribution in [1.82, 2.24) is 4.90 Å². The molecule has 30 heavy (non-hydrogen) atoms. The number of carbonyl (C=O) groups excluding carboxylic acids is 3. The number of carbonyl (C=O) groups is 3. The quantitative estimate of drug-likeness (QED) is 0.609. The first-order valence-electron chi connectivity index (χ1n) is 10.3. The summed E-state index contributed by atoms with van der Waals surface area (Å²) in [5, 5.41) is 0.766. The van der Waals surface area contributed by atoms with Crippen LogP contribution in [0, 0.1) is 0 Å². The van der Waals surface area contributed by atoms with Crippen molar-refractivity contribution in [3.05, 3.63) is 35.6 Å². The molecule has 1 aromatic carbocycles. The highest BCUT2D eigenvalue weighted by molar-refractivity contribution is 5.97. The van der Waals surface area contributed by atoms with Crippen molar-refractivity contribution >= 4 is 28.8 Å². The molecule has 8 heteroatoms. The minimum absolute atomic E-state index is 0.0260. The lowest BCUT2D eigenvalue weighted by Gasteiger charge is -2.33. The zero-order valence-corrected chi connectivity index (χ0v) is 17.3. The van der Waals surface area contributed by atoms with Gasteiger partial charge in [-0.1, -0.05) is 18.2 Å². The van der Waals surface area contributed by atoms with Crippen LogP contribution in [0.2, 0.25) is 0 Å². The Labute approximate surface area is 175 Å². The van der Waals surface area contributed by atoms with Crippen LogP contribution >= 0.6 is 0 Å². The molecule has 0 N–H and O–H groups in total. The summed E-state index contributed by atoms with van der Waals surface area (Å²) in [5.74, 6) is -1.56. The average Bonchev–Trinajstić information content (AvgIpc) is 3.14. The summed E-state index contributed by atoms with van der Waals surface area (Å²) in [7, 11) is 0. The molecular weight excluding hydrogens is 390 g/mol. The molecule has 0 aliphatic carbocycles. The fourth-order valence-electron chi connectivity index (χ4n) is 3.60. The summed E-state index contributed by atoms with van der Waals surface area (Å²) < 4.78 is 21.5. The zero-order valence-electron chi connectivity index (χ0n) is 17.3. The normalized spacial score (nSPS) is 16.5. The Balaban J connectivity index is 1.70. The van der Waals surface area contributed by atoms with E-state index in [0.717, 1.165) is 18.2 Å². The maximum atomic E-state index is 12.7. The second-order valence-corrected chi connectivity index (χ2v) is 6.97. The van der Waals surface area contributed by atoms with Crippen molar-refractivity contribution in [2.24, 2.45) is 0 Å². The van der Waals surface area contributed by atoms with E-state index in [0.29, 0.717) is 30.7 Å². The van der Waals surface area contributed by atoms with E-state index in [1.807, 2.05) is 19.1 Å². The fraction of sp³-hybridized carbons (Fsp3) is 0.500. The zero-order chi connectivity index (χ0) is 21.5. The van der Waals surface area contributed by atoms with Gasteiger partial charge in [0.1, 0.15) is 11.6 Å². The van der Waals surface area contributed by atoms with Gasteiger partial charge in [0.15, 0.2) is 6.61 Å². The van der Waals surface area contributed by atoms with Crippen LogP contribution in [0.5, 0.6) is 0 Å². The molecule has 1 saturated heterocycles. The van der Waals surface area contributed by atoms with Crippen molar-refractivity contribution in [2.45, 2.75) is 45.8 Å². The molecule has 1 fully saturated rings. The highest BCUT2D eigenvalue weighted by Gasteiger charge is 2.34. The van der Waals surface area contributed by atoms with Gasteiger partial charge in [0.05, 0.1) is 13.2 Å². The predicted molar refractivity (Wildman–Crippen MR) is 108 cm³/mol. The number of piperidine rings is 1. The van der Waals surface area contributed by atoms with E-state index in [1.54, 1.807) is 19.1 Å². The Hall–Kier alpha value is -2.87. The van der Waals surface area contributed by atoms with Crippen LogP contribution in [0.3, 0.4) is 0 Å². The van der Waals surface area contributed by atoms with Gasteiger partial charge in [-0.15, -0.1) is 0 Å². The van der Waals surface area contributed by atoms with Crippen molar-refractivity contribution < 1.29 is 33.0 Å². The van der Waals surface area contributed by atoms with E-state index in [9.17, 15) is 14.4 Å². The van der Waals surface area contributed by atoms with Gasteiger partial charge in [0, 0.05) is 24.1 Å². The predicted octanol–water partition coefficient (Wildman–Crippen LogP) is 3.07. The minimum Gasteiger partial charge on any atom is -0.464 e. The monoisotopic (exact) mass is 417 g/mol. The largest absolute Gasteiger partial charge is 0.464 e. The Morgan fingerprint density at radius 3 is 2.67 bits per heavy atom. The number of amides is 1. The second-order valence-electron chi connectivity index (χ2n) is 6.97. The summed E-state index contributed by atoms with van der Waals surface area (Å²) in [5.41, 5.74) is 1.14. The van der Waals surface area contributed by atoms with E-state index in [1.165, 1.54) is 4.90 Å². The highest BCUT2D eigenvalue weighted by atomic mass is 16.6. The maximum absolute atomic E-state index is 12.7. The summed E-state index contributed by atoms with van der Waals surface area (Å²) >= 11 is 0. The molecule has 1 aromatic heterocycles. The molecule has 0 saturated carbocycles. The number of ether oxygens (including phenoxy) is 3. The van der Waals surface area contributed by atoms with Crippen LogP contribution in [-0.2, 0) is 30.4 Å². The third-order valence-electron chi connectivity index (χ3n) is 5.04. The number of rotatable bonds is 8. The molecule has 0 unspecified atom stereocenters. The number of hydrogen-bond donors (Lipinski definition) is 0. The van der Waals surface area contributed by atoms with Gasteiger partial charge in [0.25, 0.3) is 5.91 Å². The van der Waals surface area contributed by atoms with E-state index >= 15 is 0 Å². The van der Waals surface area contributed by atoms with E-state index in [-0.39, 0.29) is 19.0 Å². The summed E-state index contributed by atoms with van der Waals surface area (Å²) in [6.45, 7) is 4.47. The molecule has 1 amide bonds. The number of esters is 2. The van der Waals surface area contributed by atoms with Gasteiger partial charge in [-0.3, -0.25) is 4.79 Å². The Morgan fingerprint density at radius 1 is 1.10 bits per heavy atom. The number of fused-ring (bicyclic) bond motifs is 1. The number of furan rings is 1. The molecule has 3 rings (SSSR count). The Kier molecular flexibility index (Phi) is 7.46. The smallest absolute Gasteiger partial charge is 0.375 e. The molecule has 1 aliphatic heterocycles. The van der Waals surface area contributed by atoms with Crippen LogP contribution in [0.15, 0.2) is 28.7 Å². The standard InChI is InChI=1S/C22H27NO7/c1-3-27-13-16-15-9-5-6-11-18(15)30-20(16)22(26)29-14-19(24)23-12-8-7-10-17(23)21(25)28-4-2/h5-6,9,11,17H,3-4,7-8,10,12-14H2,1-2H3/t17-/m1/s1. The van der Waals surface area contributed by atoms with Gasteiger partial charge < -0.3 is 23.5 Å². The first-order valence-corrected chi connectivity index (χ1v) is 10.3. The number of likely N-dealkylation sites (tertiary alicyclic amines) is 1. The topological polar surface area (TPSA) is 95.3 Å². The molecule has 2 aromatic rings. The molecule has 2 heterocycles. The average molecular weight is 417 g/mol. The van der Waals surface area contributed by atoms with E-state index in [2.05, 4.69) is 0 Å². The minimum atomic E-state index is -0.737. The maximum Gasteiger partial charge on any atom is 0.375 e. The Bertz CT molecular complexity index is 904. The number of nitrogens with zero attached hydrogens (tertiary/aromatic N) is 1. The van der Waals surface area contributed by atoms with Crippen molar-refractivity contribution in [2.75, 3.05) is 26.4 Å². The first-order chi connectivity index (χ1) is 14.6. The summed E-state index contributed by atoms with van der Waals surface area (Å²) in [6, 6.07) is 6.61. The highest BCUT2D eigenvalue weighted by Crippen LogP contribution is 2.27. The first kappa shape index (κ1) is 21.8. The van der Waals surface area contributed by atoms with Crippen LogP contribution in [0.25, 0.3) is 11.0 Å². The lowest BCUT2D eigenvalue weighted by atomic mass is 10.0. The lowest BCUT2D eigenvalue weighted by molar-refractivity contribution is -0.157. The van der Waals surface area contributed by atoms with Gasteiger partial charge in [0.2, 0.25) is 5.76 Å². The number of benzene rings is 1. The molecule has 0 bridgehead atoms. The number of hydrogen-bond acceptors (Lipinski definition) is 7. The van der Waals surface area contributed by atoms with Gasteiger partial charge in [-0.05, 0) is 39.2 Å². The SMILES string of the molecule is CCOCc1c(C(=O)OCC(=O)N2CCCC[C@@H]2C(=O)OCC)oc2ccccc12. The molecule has 8 nitrogen and oxygen atoms in total. The molecule has 1 atom stereocenters. The van der Waals surface area contributed by atoms with Gasteiger partial charge in [-0.2, -0.15) is 0 Å². The van der Waals surface area contributed by atoms with E-state index in [4.69, 9.17) is 18.6 Å². The Morgan fingerprint density at radius 2 is 1.90 bits per heavy atom. The van der Waals surface area contributed by atoms with Crippen molar-refractivity contribution in [3.8, 4) is 0 Å². The van der Waals surface area contributed by atoms with Crippen LogP contribution in [-0.4, -0.2) is 55.2 Å². The molecule has 162 valence electrons. The third-order valence-corrected chi connectivity index (χ3v) is 5.04. The molecular formula is C22H27NO7. The van der Waals surface area contributed by atoms with Crippen molar-refractivity contribution in [1.29, 1.82) is 0 Å². The summed E-state index contributed by atoms with van der Waals surface area (Å²) in [4.78, 5) is 38.9. The summed E-state index contributed by atoms with van der Waals surface area (Å²) in [6.07, 6.45) is 2.17. The van der Waals surface area contributed by atoms with Crippen LogP contribution in [0.1, 0.15) is 49.2 Å². The fourth-order valence-corrected chi connectivity index (χ4v) is 3.60. The lowest BCUT2D eigenvalue weighted by Crippen LogP contribution is -2.50. The van der Waals surface area contributed by atoms with E-state index < -0.39 is 30.5 Å². The van der Waals surface area contributed by atoms with Crippen molar-refractivity contribution in [3.63, 3.8) is 0 Å². The third kappa shape index (κ3) is 4.81. The molecule has 1 aliphatic rings. The number of para-hydroxylation sites is 1. The van der Waals surface area contributed by atoms with Crippen LogP contribution in [0.4, 0.5) is 0 Å². The van der Waals surface area contributed by atoms with Crippen LogP contribution < -0.4 is 0 Å².